The molecule has 0 aliphatic rings. The van der Waals surface area contributed by atoms with E-state index in [0.717, 1.165) is 0 Å². The summed E-state index contributed by atoms with van der Waals surface area (Å²) in [6.07, 6.45) is 1.51. The molecule has 2 rings (SSSR count). The van der Waals surface area contributed by atoms with Crippen LogP contribution in [0.5, 0.6) is 0 Å². The van der Waals surface area contributed by atoms with Crippen molar-refractivity contribution in [2.45, 2.75) is 25.3 Å². The molecule has 2 heterocycles. The number of sulfonamides is 1. The van der Waals surface area contributed by atoms with E-state index in [9.17, 15) is 8.42 Å². The van der Waals surface area contributed by atoms with E-state index >= 15 is 0 Å². The lowest BCUT2D eigenvalue weighted by molar-refractivity contribution is 0.593. The number of aryl methyl sites for hydroxylation is 1. The Hall–Kier alpha value is -1.45. The average Bonchev–Trinajstić information content (AvgIpc) is 2.68. The number of halogens is 1. The summed E-state index contributed by atoms with van der Waals surface area (Å²) in [5, 5.41) is 4.22. The van der Waals surface area contributed by atoms with Crippen LogP contribution in [-0.4, -0.2) is 29.7 Å². The lowest BCUT2D eigenvalue weighted by atomic mass is 10.4. The molecule has 114 valence electrons. The third-order valence-electron chi connectivity index (χ3n) is 2.91. The summed E-state index contributed by atoms with van der Waals surface area (Å²) in [7, 11) is -3.76. The number of aromatic nitrogens is 3. The molecular weight excluding hydrogens is 358 g/mol. The van der Waals surface area contributed by atoms with E-state index < -0.39 is 10.0 Å². The van der Waals surface area contributed by atoms with Crippen molar-refractivity contribution in [2.75, 3.05) is 11.3 Å². The minimum Gasteiger partial charge on any atom is -0.329 e. The molecule has 0 unspecified atom stereocenters. The zero-order valence-electron chi connectivity index (χ0n) is 11.7. The Labute approximate surface area is 131 Å². The van der Waals surface area contributed by atoms with Crippen molar-refractivity contribution in [3.63, 3.8) is 0 Å². The first-order valence-corrected chi connectivity index (χ1v) is 8.52. The molecule has 0 aliphatic heterocycles. The summed E-state index contributed by atoms with van der Waals surface area (Å²) in [6.45, 7) is 4.22. The number of nitrogens with zero attached hydrogens (tertiary/aromatic N) is 3. The highest BCUT2D eigenvalue weighted by Crippen LogP contribution is 2.25. The summed E-state index contributed by atoms with van der Waals surface area (Å²) in [5.74, 6) is 0.239. The van der Waals surface area contributed by atoms with Crippen molar-refractivity contribution in [3.05, 3.63) is 34.2 Å². The van der Waals surface area contributed by atoms with Crippen molar-refractivity contribution in [1.29, 1.82) is 0 Å². The lowest BCUT2D eigenvalue weighted by Gasteiger charge is -2.09. The van der Waals surface area contributed by atoms with Crippen LogP contribution in [0.3, 0.4) is 0 Å². The van der Waals surface area contributed by atoms with Gasteiger partial charge in [0.2, 0.25) is 0 Å². The Kier molecular flexibility index (Phi) is 4.64. The first-order valence-electron chi connectivity index (χ1n) is 6.24. The molecule has 0 amide bonds. The van der Waals surface area contributed by atoms with Gasteiger partial charge in [0.05, 0.1) is 22.4 Å². The van der Waals surface area contributed by atoms with Crippen LogP contribution in [0, 0.1) is 13.8 Å². The summed E-state index contributed by atoms with van der Waals surface area (Å²) >= 11 is 3.26. The van der Waals surface area contributed by atoms with Crippen molar-refractivity contribution in [3.8, 4) is 0 Å². The smallest absolute Gasteiger partial charge is 0.266 e. The van der Waals surface area contributed by atoms with Gasteiger partial charge in [0.25, 0.3) is 10.0 Å². The van der Waals surface area contributed by atoms with Crippen molar-refractivity contribution in [1.82, 2.24) is 14.8 Å². The quantitative estimate of drug-likeness (QED) is 0.824. The molecule has 21 heavy (non-hydrogen) atoms. The molecule has 7 nitrogen and oxygen atoms in total. The summed E-state index contributed by atoms with van der Waals surface area (Å²) < 4.78 is 29.7. The van der Waals surface area contributed by atoms with Gasteiger partial charge in [-0.15, -0.1) is 0 Å². The maximum absolute atomic E-state index is 12.6. The molecule has 0 bridgehead atoms. The number of nitrogens with one attached hydrogen (secondary N) is 1. The standard InChI is InChI=1S/C12H16BrN5O2S/c1-8-11(9(2)18(16-8)7-5-14)21(19,20)17-12-10(13)4-3-6-15-12/h3-4,6H,5,7,14H2,1-2H3,(H,15,17). The van der Waals surface area contributed by atoms with Crippen molar-refractivity contribution >= 4 is 31.8 Å². The normalized spacial score (nSPS) is 11.6. The molecule has 0 saturated carbocycles. The maximum atomic E-state index is 12.6. The van der Waals surface area contributed by atoms with Gasteiger partial charge in [0, 0.05) is 12.7 Å². The Balaban J connectivity index is 2.43. The summed E-state index contributed by atoms with van der Waals surface area (Å²) in [5.41, 5.74) is 6.48. The molecule has 0 radical (unpaired) electrons. The largest absolute Gasteiger partial charge is 0.329 e. The highest BCUT2D eigenvalue weighted by molar-refractivity contribution is 9.10. The molecule has 0 aliphatic carbocycles. The van der Waals surface area contributed by atoms with Crippen LogP contribution in [0.1, 0.15) is 11.4 Å². The van der Waals surface area contributed by atoms with Crippen LogP contribution in [0.4, 0.5) is 5.82 Å². The molecule has 3 N–H and O–H groups in total. The topological polar surface area (TPSA) is 103 Å². The van der Waals surface area contributed by atoms with Gasteiger partial charge in [0.1, 0.15) is 4.90 Å². The maximum Gasteiger partial charge on any atom is 0.266 e. The van der Waals surface area contributed by atoms with Crippen LogP contribution < -0.4 is 10.5 Å². The molecule has 0 fully saturated rings. The van der Waals surface area contributed by atoms with E-state index in [1.807, 2.05) is 0 Å². The molecule has 0 spiro atoms. The Morgan fingerprint density at radius 1 is 1.43 bits per heavy atom. The molecule has 2 aromatic rings. The second-order valence-electron chi connectivity index (χ2n) is 4.45. The second kappa shape index (κ2) is 6.12. The van der Waals surface area contributed by atoms with E-state index in [2.05, 4.69) is 30.7 Å². The first kappa shape index (κ1) is 15.9. The van der Waals surface area contributed by atoms with Gasteiger partial charge in [-0.25, -0.2) is 13.4 Å². The van der Waals surface area contributed by atoms with Crippen LogP contribution in [0.15, 0.2) is 27.7 Å². The van der Waals surface area contributed by atoms with Crippen LogP contribution in [0.25, 0.3) is 0 Å². The fraction of sp³-hybridized carbons (Fsp3) is 0.333. The van der Waals surface area contributed by atoms with Gasteiger partial charge in [-0.3, -0.25) is 9.40 Å². The molecular formula is C12H16BrN5O2S. The van der Waals surface area contributed by atoms with Crippen LogP contribution >= 0.6 is 15.9 Å². The van der Waals surface area contributed by atoms with Gasteiger partial charge in [-0.05, 0) is 41.9 Å². The fourth-order valence-electron chi connectivity index (χ4n) is 2.05. The average molecular weight is 374 g/mol. The van der Waals surface area contributed by atoms with Gasteiger partial charge < -0.3 is 5.73 Å². The van der Waals surface area contributed by atoms with Gasteiger partial charge in [-0.2, -0.15) is 5.10 Å². The Bertz CT molecular complexity index is 757. The van der Waals surface area contributed by atoms with Gasteiger partial charge in [-0.1, -0.05) is 0 Å². The minimum absolute atomic E-state index is 0.161. The SMILES string of the molecule is Cc1nn(CCN)c(C)c1S(=O)(=O)Nc1ncccc1Br. The third kappa shape index (κ3) is 3.25. The number of hydrogen-bond donors (Lipinski definition) is 2. The predicted molar refractivity (Wildman–Crippen MR) is 83.5 cm³/mol. The second-order valence-corrected chi connectivity index (χ2v) is 6.92. The third-order valence-corrected chi connectivity index (χ3v) is 5.14. The highest BCUT2D eigenvalue weighted by Gasteiger charge is 2.25. The number of rotatable bonds is 5. The predicted octanol–water partition coefficient (Wildman–Crippen LogP) is 1.42. The molecule has 0 aromatic carbocycles. The Morgan fingerprint density at radius 2 is 2.14 bits per heavy atom. The molecule has 9 heteroatoms. The summed E-state index contributed by atoms with van der Waals surface area (Å²) in [4.78, 5) is 4.17. The van der Waals surface area contributed by atoms with E-state index in [-0.39, 0.29) is 10.7 Å². The van der Waals surface area contributed by atoms with Crippen LogP contribution in [-0.2, 0) is 16.6 Å². The van der Waals surface area contributed by atoms with Crippen LogP contribution in [0.2, 0.25) is 0 Å². The number of hydrogen-bond acceptors (Lipinski definition) is 5. The molecule has 0 saturated heterocycles. The summed E-state index contributed by atoms with van der Waals surface area (Å²) in [6, 6.07) is 3.42. The van der Waals surface area contributed by atoms with E-state index in [1.54, 1.807) is 30.7 Å². The van der Waals surface area contributed by atoms with Gasteiger partial charge >= 0.3 is 0 Å². The van der Waals surface area contributed by atoms with E-state index in [1.165, 1.54) is 6.20 Å². The number of anilines is 1. The molecule has 0 atom stereocenters. The number of nitrogens with two attached hydrogens (primary N) is 1. The van der Waals surface area contributed by atoms with E-state index in [0.29, 0.717) is 29.0 Å². The lowest BCUT2D eigenvalue weighted by Crippen LogP contribution is -2.17. The highest BCUT2D eigenvalue weighted by atomic mass is 79.9. The fourth-order valence-corrected chi connectivity index (χ4v) is 3.98. The zero-order valence-corrected chi connectivity index (χ0v) is 14.1. The monoisotopic (exact) mass is 373 g/mol. The van der Waals surface area contributed by atoms with Crippen molar-refractivity contribution in [2.24, 2.45) is 5.73 Å². The van der Waals surface area contributed by atoms with E-state index in [4.69, 9.17) is 5.73 Å². The minimum atomic E-state index is -3.76. The number of pyridine rings is 1. The molecule has 2 aromatic heterocycles. The van der Waals surface area contributed by atoms with Gasteiger partial charge in [0.15, 0.2) is 5.82 Å². The zero-order chi connectivity index (χ0) is 15.6. The first-order chi connectivity index (χ1) is 9.86. The van der Waals surface area contributed by atoms with Crippen molar-refractivity contribution < 1.29 is 8.42 Å². The Morgan fingerprint density at radius 3 is 2.76 bits per heavy atom.